The van der Waals surface area contributed by atoms with Crippen molar-refractivity contribution in [1.82, 2.24) is 9.88 Å². The van der Waals surface area contributed by atoms with Gasteiger partial charge in [-0.25, -0.2) is 0 Å². The van der Waals surface area contributed by atoms with Crippen molar-refractivity contribution < 1.29 is 4.79 Å². The second-order valence-corrected chi connectivity index (χ2v) is 6.68. The SMILES string of the molecule is O=C1/C(=C\c2ccnc3c(Cl)cc(Cl)cc23)N2CCC1CC2. The van der Waals surface area contributed by atoms with Crippen LogP contribution in [0.2, 0.25) is 10.0 Å². The highest BCUT2D eigenvalue weighted by molar-refractivity contribution is 6.38. The molecule has 112 valence electrons. The summed E-state index contributed by atoms with van der Waals surface area (Å²) in [5.74, 6) is 0.451. The molecule has 0 saturated carbocycles. The molecule has 0 atom stereocenters. The molecule has 0 N–H and O–H groups in total. The first kappa shape index (κ1) is 14.0. The number of Topliss-reactive ketones (excluding diaryl/α,β-unsaturated/α-hetero) is 1. The van der Waals surface area contributed by atoms with E-state index in [2.05, 4.69) is 9.88 Å². The van der Waals surface area contributed by atoms with Crippen LogP contribution in [0.1, 0.15) is 18.4 Å². The van der Waals surface area contributed by atoms with E-state index in [4.69, 9.17) is 23.2 Å². The Morgan fingerprint density at radius 3 is 2.73 bits per heavy atom. The van der Waals surface area contributed by atoms with Gasteiger partial charge >= 0.3 is 0 Å². The van der Waals surface area contributed by atoms with E-state index in [0.717, 1.165) is 42.6 Å². The molecular weight excluding hydrogens is 319 g/mol. The number of benzene rings is 1. The van der Waals surface area contributed by atoms with Gasteiger partial charge in [0.25, 0.3) is 0 Å². The Kier molecular flexibility index (Phi) is 3.35. The Morgan fingerprint density at radius 2 is 2.00 bits per heavy atom. The maximum absolute atomic E-state index is 12.5. The number of carbonyl (C=O) groups excluding carboxylic acids is 1. The van der Waals surface area contributed by atoms with Crippen LogP contribution in [0.5, 0.6) is 0 Å². The molecule has 5 rings (SSSR count). The number of nitrogens with zero attached hydrogens (tertiary/aromatic N) is 2. The second kappa shape index (κ2) is 5.25. The standard InChI is InChI=1S/C17H14Cl2N2O/c18-12-8-13-11(1-4-20-16(13)14(19)9-12)7-15-17(22)10-2-5-21(15)6-3-10/h1,4,7-10H,2-3,5-6H2/b15-7+. The molecule has 1 aromatic heterocycles. The van der Waals surface area contributed by atoms with Crippen LogP contribution in [-0.4, -0.2) is 28.8 Å². The average Bonchev–Trinajstić information content (AvgIpc) is 2.52. The van der Waals surface area contributed by atoms with Crippen molar-refractivity contribution in [1.29, 1.82) is 0 Å². The third kappa shape index (κ3) is 2.20. The molecule has 2 bridgehead atoms. The van der Waals surface area contributed by atoms with Crippen LogP contribution in [0.3, 0.4) is 0 Å². The van der Waals surface area contributed by atoms with Gasteiger partial charge in [-0.3, -0.25) is 9.78 Å². The monoisotopic (exact) mass is 332 g/mol. The van der Waals surface area contributed by atoms with Gasteiger partial charge in [-0.2, -0.15) is 0 Å². The van der Waals surface area contributed by atoms with E-state index in [1.54, 1.807) is 12.3 Å². The van der Waals surface area contributed by atoms with Crippen molar-refractivity contribution in [3.05, 3.63) is 45.7 Å². The summed E-state index contributed by atoms with van der Waals surface area (Å²) in [7, 11) is 0. The van der Waals surface area contributed by atoms with E-state index < -0.39 is 0 Å². The number of hydrogen-bond acceptors (Lipinski definition) is 3. The number of hydrogen-bond donors (Lipinski definition) is 0. The van der Waals surface area contributed by atoms with E-state index in [1.807, 2.05) is 18.2 Å². The summed E-state index contributed by atoms with van der Waals surface area (Å²) in [6, 6.07) is 5.44. The molecule has 3 nitrogen and oxygen atoms in total. The minimum absolute atomic E-state index is 0.191. The predicted molar refractivity (Wildman–Crippen MR) is 89.0 cm³/mol. The minimum atomic E-state index is 0.191. The van der Waals surface area contributed by atoms with Gasteiger partial charge in [0.05, 0.1) is 16.2 Å². The Labute approximate surface area is 138 Å². The van der Waals surface area contributed by atoms with E-state index in [9.17, 15) is 4.79 Å². The molecule has 3 aliphatic heterocycles. The van der Waals surface area contributed by atoms with Crippen molar-refractivity contribution in [2.45, 2.75) is 12.8 Å². The Morgan fingerprint density at radius 1 is 1.23 bits per heavy atom. The summed E-state index contributed by atoms with van der Waals surface area (Å²) in [6.07, 6.45) is 5.63. The summed E-state index contributed by atoms with van der Waals surface area (Å²) in [5.41, 5.74) is 2.46. The first-order valence-electron chi connectivity index (χ1n) is 7.38. The molecule has 3 aliphatic rings. The van der Waals surface area contributed by atoms with Crippen molar-refractivity contribution in [3.63, 3.8) is 0 Å². The Bertz CT molecular complexity index is 808. The number of carbonyl (C=O) groups is 1. The van der Waals surface area contributed by atoms with Crippen molar-refractivity contribution in [2.75, 3.05) is 13.1 Å². The van der Waals surface area contributed by atoms with Gasteiger partial charge in [0.1, 0.15) is 0 Å². The smallest absolute Gasteiger partial charge is 0.182 e. The third-order valence-electron chi connectivity index (χ3n) is 4.55. The summed E-state index contributed by atoms with van der Waals surface area (Å²) >= 11 is 12.3. The number of halogens is 2. The van der Waals surface area contributed by atoms with Crippen LogP contribution in [-0.2, 0) is 4.79 Å². The molecule has 4 heterocycles. The normalized spacial score (nSPS) is 20.4. The quantitative estimate of drug-likeness (QED) is 0.734. The molecule has 0 radical (unpaired) electrons. The molecule has 0 amide bonds. The maximum atomic E-state index is 12.5. The molecule has 3 saturated heterocycles. The van der Waals surface area contributed by atoms with E-state index in [-0.39, 0.29) is 11.7 Å². The number of fused-ring (bicyclic) bond motifs is 4. The summed E-state index contributed by atoms with van der Waals surface area (Å²) in [4.78, 5) is 19.0. The second-order valence-electron chi connectivity index (χ2n) is 5.84. The highest BCUT2D eigenvalue weighted by Gasteiger charge is 2.36. The van der Waals surface area contributed by atoms with Crippen molar-refractivity contribution in [2.24, 2.45) is 5.92 Å². The number of aromatic nitrogens is 1. The van der Waals surface area contributed by atoms with Gasteiger partial charge in [-0.15, -0.1) is 0 Å². The number of pyridine rings is 1. The lowest BCUT2D eigenvalue weighted by atomic mass is 9.84. The van der Waals surface area contributed by atoms with Crippen LogP contribution in [0.15, 0.2) is 30.1 Å². The topological polar surface area (TPSA) is 33.2 Å². The van der Waals surface area contributed by atoms with Gasteiger partial charge in [0.2, 0.25) is 0 Å². The van der Waals surface area contributed by atoms with Crippen LogP contribution in [0.4, 0.5) is 0 Å². The average molecular weight is 333 g/mol. The van der Waals surface area contributed by atoms with Crippen LogP contribution in [0, 0.1) is 5.92 Å². The first-order chi connectivity index (χ1) is 10.6. The van der Waals surface area contributed by atoms with Crippen LogP contribution in [0.25, 0.3) is 17.0 Å². The van der Waals surface area contributed by atoms with Gasteiger partial charge in [0, 0.05) is 35.6 Å². The number of rotatable bonds is 1. The predicted octanol–water partition coefficient (Wildman–Crippen LogP) is 4.18. The van der Waals surface area contributed by atoms with Crippen molar-refractivity contribution >= 4 is 46.0 Å². The van der Waals surface area contributed by atoms with Crippen LogP contribution >= 0.6 is 23.2 Å². The number of piperidine rings is 3. The molecular formula is C17H14Cl2N2O. The highest BCUT2D eigenvalue weighted by atomic mass is 35.5. The van der Waals surface area contributed by atoms with E-state index >= 15 is 0 Å². The minimum Gasteiger partial charge on any atom is -0.369 e. The maximum Gasteiger partial charge on any atom is 0.182 e. The van der Waals surface area contributed by atoms with Crippen molar-refractivity contribution in [3.8, 4) is 0 Å². The summed E-state index contributed by atoms with van der Waals surface area (Å²) in [5, 5.41) is 1.98. The fourth-order valence-corrected chi connectivity index (χ4v) is 3.92. The summed E-state index contributed by atoms with van der Waals surface area (Å²) < 4.78 is 0. The Balaban J connectivity index is 1.88. The van der Waals surface area contributed by atoms with E-state index in [1.165, 1.54) is 0 Å². The van der Waals surface area contributed by atoms with E-state index in [0.29, 0.717) is 15.6 Å². The number of allylic oxidation sites excluding steroid dienone is 1. The highest BCUT2D eigenvalue weighted by Crippen LogP contribution is 2.34. The zero-order valence-electron chi connectivity index (χ0n) is 11.9. The third-order valence-corrected chi connectivity index (χ3v) is 5.05. The molecule has 0 unspecified atom stereocenters. The summed E-state index contributed by atoms with van der Waals surface area (Å²) in [6.45, 7) is 1.93. The first-order valence-corrected chi connectivity index (χ1v) is 8.14. The molecule has 1 aromatic carbocycles. The lowest BCUT2D eigenvalue weighted by Crippen LogP contribution is -2.45. The molecule has 22 heavy (non-hydrogen) atoms. The molecule has 3 fully saturated rings. The zero-order valence-corrected chi connectivity index (χ0v) is 13.4. The lowest BCUT2D eigenvalue weighted by molar-refractivity contribution is -0.125. The van der Waals surface area contributed by atoms with Gasteiger partial charge in [-0.1, -0.05) is 23.2 Å². The van der Waals surface area contributed by atoms with Gasteiger partial charge in [0.15, 0.2) is 5.78 Å². The van der Waals surface area contributed by atoms with Gasteiger partial charge < -0.3 is 4.90 Å². The fraction of sp³-hybridized carbons (Fsp3) is 0.294. The molecule has 5 heteroatoms. The largest absolute Gasteiger partial charge is 0.369 e. The van der Waals surface area contributed by atoms with Crippen LogP contribution < -0.4 is 0 Å². The molecule has 2 aromatic rings. The molecule has 0 aliphatic carbocycles. The molecule has 0 spiro atoms. The Hall–Kier alpha value is -1.58. The number of ketones is 1. The van der Waals surface area contributed by atoms with Gasteiger partial charge in [-0.05, 0) is 42.7 Å². The zero-order chi connectivity index (χ0) is 15.3. The fourth-order valence-electron chi connectivity index (χ4n) is 3.38. The lowest BCUT2D eigenvalue weighted by Gasteiger charge is -2.41.